The second-order valence-electron chi connectivity index (χ2n) is 10.8. The Bertz CT molecular complexity index is 1350. The van der Waals surface area contributed by atoms with Crippen LogP contribution in [0.3, 0.4) is 0 Å². The minimum atomic E-state index is -4.43. The predicted octanol–water partition coefficient (Wildman–Crippen LogP) is 5.21. The molecular weight excluding hydrogens is 533 g/mol. The van der Waals surface area contributed by atoms with Gasteiger partial charge in [-0.1, -0.05) is 24.1 Å². The van der Waals surface area contributed by atoms with Gasteiger partial charge >= 0.3 is 12.1 Å². The molecular formula is C32H35F3N2O4. The average Bonchev–Trinajstić information content (AvgIpc) is 2.94. The summed E-state index contributed by atoms with van der Waals surface area (Å²) < 4.78 is 50.4. The number of amides is 1. The molecule has 4 rings (SSSR count). The standard InChI is InChI=1S/C32H35F3N2O4/c1-5-18-37-19-17-30(26-7-6-8-28(20-26)41-23(2)38)21-27(15-16-31(30,22-37)40-4)36(3)29(39)14-11-24-9-12-25(13-10-24)32(33,34)35/h5-10,12-13,20,27H,1,15-19,21-22H2,2-4H3/t27-,30-,31-/m0/s1. The van der Waals surface area contributed by atoms with Crippen LogP contribution in [0.4, 0.5) is 13.2 Å². The summed E-state index contributed by atoms with van der Waals surface area (Å²) in [6.07, 6.45) is 0.181. The summed E-state index contributed by atoms with van der Waals surface area (Å²) in [7, 11) is 3.44. The van der Waals surface area contributed by atoms with Gasteiger partial charge in [0, 0.05) is 57.1 Å². The van der Waals surface area contributed by atoms with Crippen molar-refractivity contribution in [2.45, 2.75) is 55.8 Å². The minimum Gasteiger partial charge on any atom is -0.427 e. The van der Waals surface area contributed by atoms with Crippen molar-refractivity contribution >= 4 is 11.9 Å². The molecule has 3 atom stereocenters. The molecule has 0 N–H and O–H groups in total. The second-order valence-corrected chi connectivity index (χ2v) is 10.8. The van der Waals surface area contributed by atoms with E-state index in [9.17, 15) is 22.8 Å². The van der Waals surface area contributed by atoms with E-state index in [-0.39, 0.29) is 6.04 Å². The molecule has 218 valence electrons. The molecule has 0 aromatic heterocycles. The Morgan fingerprint density at radius 2 is 1.93 bits per heavy atom. The average molecular weight is 569 g/mol. The number of nitrogens with zero attached hydrogens (tertiary/aromatic N) is 2. The SMILES string of the molecule is C=CCN1CC[C@@]2(c3cccc(OC(C)=O)c3)C[C@@H](N(C)C(=O)C#Cc3ccc(C(F)(F)F)cc3)CC[C@]2(OC)C1. The quantitative estimate of drug-likeness (QED) is 0.207. The van der Waals surface area contributed by atoms with Gasteiger partial charge in [0.15, 0.2) is 0 Å². The number of alkyl halides is 3. The molecule has 9 heteroatoms. The van der Waals surface area contributed by atoms with E-state index >= 15 is 0 Å². The predicted molar refractivity (Wildman–Crippen MR) is 149 cm³/mol. The maximum Gasteiger partial charge on any atom is 0.416 e. The molecule has 1 heterocycles. The van der Waals surface area contributed by atoms with Crippen molar-refractivity contribution in [1.82, 2.24) is 9.80 Å². The monoisotopic (exact) mass is 568 g/mol. The first-order valence-electron chi connectivity index (χ1n) is 13.6. The van der Waals surface area contributed by atoms with E-state index < -0.39 is 34.6 Å². The molecule has 0 radical (unpaired) electrons. The summed E-state index contributed by atoms with van der Waals surface area (Å²) in [5, 5.41) is 0. The highest BCUT2D eigenvalue weighted by molar-refractivity contribution is 5.94. The van der Waals surface area contributed by atoms with Crippen LogP contribution in [-0.2, 0) is 25.9 Å². The lowest BCUT2D eigenvalue weighted by Crippen LogP contribution is -2.68. The van der Waals surface area contributed by atoms with Gasteiger partial charge in [0.2, 0.25) is 0 Å². The van der Waals surface area contributed by atoms with Crippen molar-refractivity contribution < 1.29 is 32.2 Å². The fourth-order valence-corrected chi connectivity index (χ4v) is 6.38. The molecule has 41 heavy (non-hydrogen) atoms. The molecule has 0 bridgehead atoms. The van der Waals surface area contributed by atoms with Crippen LogP contribution in [0.2, 0.25) is 0 Å². The first kappa shape index (κ1) is 30.4. The minimum absolute atomic E-state index is 0.156. The molecule has 1 saturated heterocycles. The number of ether oxygens (including phenoxy) is 2. The van der Waals surface area contributed by atoms with Gasteiger partial charge in [-0.05, 0) is 74.2 Å². The third-order valence-electron chi connectivity index (χ3n) is 8.49. The van der Waals surface area contributed by atoms with Crippen LogP contribution in [0.15, 0.2) is 61.2 Å². The van der Waals surface area contributed by atoms with Crippen LogP contribution in [0.5, 0.6) is 5.75 Å². The van der Waals surface area contributed by atoms with Crippen molar-refractivity contribution in [3.8, 4) is 17.6 Å². The Labute approximate surface area is 239 Å². The van der Waals surface area contributed by atoms with E-state index in [2.05, 4.69) is 23.3 Å². The molecule has 6 nitrogen and oxygen atoms in total. The van der Waals surface area contributed by atoms with Crippen LogP contribution in [0, 0.1) is 11.8 Å². The molecule has 1 saturated carbocycles. The summed E-state index contributed by atoms with van der Waals surface area (Å²) >= 11 is 0. The van der Waals surface area contributed by atoms with Crippen molar-refractivity contribution in [2.75, 3.05) is 33.8 Å². The number of hydrogen-bond donors (Lipinski definition) is 0. The Morgan fingerprint density at radius 1 is 1.20 bits per heavy atom. The van der Waals surface area contributed by atoms with Gasteiger partial charge in [-0.2, -0.15) is 13.2 Å². The summed E-state index contributed by atoms with van der Waals surface area (Å²) in [4.78, 5) is 28.8. The largest absolute Gasteiger partial charge is 0.427 e. The zero-order chi connectivity index (χ0) is 29.8. The van der Waals surface area contributed by atoms with Gasteiger partial charge in [-0.15, -0.1) is 6.58 Å². The lowest BCUT2D eigenvalue weighted by molar-refractivity contribution is -0.157. The second kappa shape index (κ2) is 12.1. The Kier molecular flexibility index (Phi) is 8.95. The number of hydrogen-bond acceptors (Lipinski definition) is 5. The summed E-state index contributed by atoms with van der Waals surface area (Å²) in [5.41, 5.74) is -0.478. The smallest absolute Gasteiger partial charge is 0.416 e. The molecule has 2 aromatic rings. The van der Waals surface area contributed by atoms with Crippen molar-refractivity contribution in [1.29, 1.82) is 0 Å². The van der Waals surface area contributed by atoms with Crippen LogP contribution in [-0.4, -0.2) is 67.1 Å². The number of carbonyl (C=O) groups is 2. The number of halogens is 3. The lowest BCUT2D eigenvalue weighted by Gasteiger charge is -2.60. The highest BCUT2D eigenvalue weighted by Gasteiger charge is 2.59. The van der Waals surface area contributed by atoms with E-state index in [1.807, 2.05) is 24.3 Å². The summed E-state index contributed by atoms with van der Waals surface area (Å²) in [5.74, 6) is 4.95. The van der Waals surface area contributed by atoms with E-state index in [0.29, 0.717) is 37.1 Å². The third-order valence-corrected chi connectivity index (χ3v) is 8.49. The van der Waals surface area contributed by atoms with Crippen molar-refractivity contribution in [3.63, 3.8) is 0 Å². The molecule has 2 aliphatic rings. The van der Waals surface area contributed by atoms with E-state index in [0.717, 1.165) is 37.2 Å². The highest BCUT2D eigenvalue weighted by Crippen LogP contribution is 2.54. The zero-order valence-electron chi connectivity index (χ0n) is 23.6. The first-order chi connectivity index (χ1) is 19.4. The molecule has 0 unspecified atom stereocenters. The van der Waals surface area contributed by atoms with Gasteiger partial charge in [-0.25, -0.2) is 0 Å². The van der Waals surface area contributed by atoms with Gasteiger partial charge in [0.1, 0.15) is 5.75 Å². The maximum atomic E-state index is 13.2. The molecule has 2 aromatic carbocycles. The number of esters is 1. The summed E-state index contributed by atoms with van der Waals surface area (Å²) in [6.45, 7) is 7.47. The number of piperidine rings is 1. The number of fused-ring (bicyclic) bond motifs is 1. The zero-order valence-corrected chi connectivity index (χ0v) is 23.6. The molecule has 1 amide bonds. The molecule has 1 aliphatic heterocycles. The van der Waals surface area contributed by atoms with Crippen molar-refractivity contribution in [2.24, 2.45) is 0 Å². The lowest BCUT2D eigenvalue weighted by atomic mass is 9.55. The van der Waals surface area contributed by atoms with E-state index in [1.54, 1.807) is 25.1 Å². The fourth-order valence-electron chi connectivity index (χ4n) is 6.38. The van der Waals surface area contributed by atoms with Crippen LogP contribution >= 0.6 is 0 Å². The Morgan fingerprint density at radius 3 is 2.56 bits per heavy atom. The molecule has 1 aliphatic carbocycles. The normalized spacial score (nSPS) is 24.4. The van der Waals surface area contributed by atoms with Gasteiger partial charge in [0.25, 0.3) is 5.91 Å². The topological polar surface area (TPSA) is 59.1 Å². The van der Waals surface area contributed by atoms with Crippen LogP contribution < -0.4 is 4.74 Å². The van der Waals surface area contributed by atoms with Gasteiger partial charge < -0.3 is 14.4 Å². The Balaban J connectivity index is 1.63. The number of rotatable bonds is 6. The van der Waals surface area contributed by atoms with Gasteiger partial charge in [0.05, 0.1) is 11.2 Å². The molecule has 0 spiro atoms. The van der Waals surface area contributed by atoms with Gasteiger partial charge in [-0.3, -0.25) is 14.5 Å². The van der Waals surface area contributed by atoms with Crippen molar-refractivity contribution in [3.05, 3.63) is 77.9 Å². The van der Waals surface area contributed by atoms with E-state index in [1.165, 1.54) is 19.1 Å². The summed E-state index contributed by atoms with van der Waals surface area (Å²) in [6, 6.07) is 11.8. The first-order valence-corrected chi connectivity index (χ1v) is 13.6. The fraction of sp³-hybridized carbons (Fsp3) is 0.438. The van der Waals surface area contributed by atoms with Crippen LogP contribution in [0.1, 0.15) is 49.3 Å². The molecule has 2 fully saturated rings. The van der Waals surface area contributed by atoms with Crippen LogP contribution in [0.25, 0.3) is 0 Å². The number of methoxy groups -OCH3 is 1. The van der Waals surface area contributed by atoms with E-state index in [4.69, 9.17) is 9.47 Å². The third kappa shape index (κ3) is 6.34. The number of carbonyl (C=O) groups excluding carboxylic acids is 2. The highest BCUT2D eigenvalue weighted by atomic mass is 19.4. The number of likely N-dealkylation sites (tertiary alicyclic amines) is 1. The maximum absolute atomic E-state index is 13.2. The Hall–Kier alpha value is -3.61. The number of benzene rings is 2.